The van der Waals surface area contributed by atoms with E-state index in [1.165, 1.54) is 13.3 Å². The summed E-state index contributed by atoms with van der Waals surface area (Å²) in [5, 5.41) is 0. The third-order valence-electron chi connectivity index (χ3n) is 4.05. The number of nitrogens with two attached hydrogens (primary N) is 1. The quantitative estimate of drug-likeness (QED) is 0.758. The number of hydrogen-bond donors (Lipinski definition) is 1. The van der Waals surface area contributed by atoms with Gasteiger partial charge in [-0.15, -0.1) is 0 Å². The number of carbonyl (C=O) groups is 1. The van der Waals surface area contributed by atoms with Crippen molar-refractivity contribution in [3.05, 3.63) is 24.2 Å². The molecule has 23 heavy (non-hydrogen) atoms. The van der Waals surface area contributed by atoms with Gasteiger partial charge in [-0.25, -0.2) is 4.99 Å². The Kier molecular flexibility index (Phi) is 6.06. The van der Waals surface area contributed by atoms with Crippen LogP contribution in [0.3, 0.4) is 0 Å². The van der Waals surface area contributed by atoms with Crippen LogP contribution in [0, 0.1) is 0 Å². The van der Waals surface area contributed by atoms with Crippen molar-refractivity contribution < 1.29 is 9.53 Å². The largest absolute Gasteiger partial charge is 0.481 e. The average Bonchev–Trinajstić information content (AvgIpc) is 2.56. The highest BCUT2D eigenvalue weighted by Gasteiger charge is 2.26. The van der Waals surface area contributed by atoms with Crippen LogP contribution in [0.1, 0.15) is 19.8 Å². The molecular formula is C16H25N5O2. The van der Waals surface area contributed by atoms with E-state index in [-0.39, 0.29) is 5.91 Å². The van der Waals surface area contributed by atoms with Gasteiger partial charge in [-0.05, 0) is 38.9 Å². The third-order valence-corrected chi connectivity index (χ3v) is 4.05. The molecule has 2 aliphatic rings. The zero-order valence-electron chi connectivity index (χ0n) is 13.9. The van der Waals surface area contributed by atoms with Crippen LogP contribution >= 0.6 is 0 Å². The molecule has 0 saturated carbocycles. The van der Waals surface area contributed by atoms with E-state index in [0.717, 1.165) is 32.5 Å². The van der Waals surface area contributed by atoms with Crippen LogP contribution in [-0.4, -0.2) is 67.1 Å². The number of rotatable bonds is 5. The topological polar surface area (TPSA) is 83.5 Å². The number of methoxy groups -OCH3 is 1. The van der Waals surface area contributed by atoms with Crippen LogP contribution in [-0.2, 0) is 9.53 Å². The summed E-state index contributed by atoms with van der Waals surface area (Å²) in [5.74, 6) is 0.692. The van der Waals surface area contributed by atoms with Crippen LogP contribution in [0.5, 0.6) is 0 Å². The van der Waals surface area contributed by atoms with Gasteiger partial charge in [-0.2, -0.15) is 4.99 Å². The maximum atomic E-state index is 12.2. The Balaban J connectivity index is 2.08. The first-order valence-electron chi connectivity index (χ1n) is 7.87. The summed E-state index contributed by atoms with van der Waals surface area (Å²) < 4.78 is 5.16. The van der Waals surface area contributed by atoms with Crippen LogP contribution in [0.15, 0.2) is 34.2 Å². The first kappa shape index (κ1) is 17.4. The Morgan fingerprint density at radius 3 is 2.83 bits per heavy atom. The monoisotopic (exact) mass is 319 g/mol. The normalized spacial score (nSPS) is 23.0. The van der Waals surface area contributed by atoms with Gasteiger partial charge in [0.15, 0.2) is 5.84 Å². The predicted molar refractivity (Wildman–Crippen MR) is 91.2 cm³/mol. The van der Waals surface area contributed by atoms with Crippen molar-refractivity contribution in [1.82, 2.24) is 9.80 Å². The number of amides is 1. The van der Waals surface area contributed by atoms with Gasteiger partial charge < -0.3 is 15.4 Å². The smallest absolute Gasteiger partial charge is 0.270 e. The molecule has 0 aromatic rings. The van der Waals surface area contributed by atoms with E-state index in [0.29, 0.717) is 30.0 Å². The molecule has 0 aliphatic carbocycles. The fraction of sp³-hybridized carbons (Fsp3) is 0.562. The summed E-state index contributed by atoms with van der Waals surface area (Å²) in [6, 6.07) is 0.297. The van der Waals surface area contributed by atoms with E-state index >= 15 is 0 Å². The van der Waals surface area contributed by atoms with Crippen molar-refractivity contribution in [2.45, 2.75) is 25.8 Å². The average molecular weight is 319 g/mol. The molecule has 2 rings (SSSR count). The fourth-order valence-corrected chi connectivity index (χ4v) is 2.61. The molecule has 126 valence electrons. The van der Waals surface area contributed by atoms with E-state index in [1.54, 1.807) is 11.0 Å². The third kappa shape index (κ3) is 4.49. The minimum Gasteiger partial charge on any atom is -0.481 e. The summed E-state index contributed by atoms with van der Waals surface area (Å²) in [5.41, 5.74) is 6.38. The highest BCUT2D eigenvalue weighted by Crippen LogP contribution is 2.14. The molecule has 0 aromatic carbocycles. The Hall–Kier alpha value is -1.99. The molecule has 0 atom stereocenters. The number of hydrogen-bond acceptors (Lipinski definition) is 6. The number of allylic oxidation sites excluding steroid dienone is 1. The molecule has 7 heteroatoms. The summed E-state index contributed by atoms with van der Waals surface area (Å²) in [4.78, 5) is 24.5. The van der Waals surface area contributed by atoms with E-state index in [4.69, 9.17) is 10.5 Å². The lowest BCUT2D eigenvalue weighted by atomic mass is 10.1. The number of likely N-dealkylation sites (tertiary alicyclic amines) is 1. The SMILES string of the molecule is C=C1N=CC(=O)N(CCN2CCC(N)CC2)/C1=N/C(=C\C)OC. The zero-order chi connectivity index (χ0) is 16.8. The van der Waals surface area contributed by atoms with Gasteiger partial charge in [0.2, 0.25) is 5.88 Å². The molecule has 2 N–H and O–H groups in total. The molecular weight excluding hydrogens is 294 g/mol. The minimum atomic E-state index is -0.184. The Labute approximate surface area is 137 Å². The molecule has 0 spiro atoms. The molecule has 2 aliphatic heterocycles. The number of nitrogens with zero attached hydrogens (tertiary/aromatic N) is 4. The summed E-state index contributed by atoms with van der Waals surface area (Å²) >= 11 is 0. The Bertz CT molecular complexity index is 545. The number of carbonyl (C=O) groups excluding carboxylic acids is 1. The predicted octanol–water partition coefficient (Wildman–Crippen LogP) is 0.742. The first-order chi connectivity index (χ1) is 11.0. The van der Waals surface area contributed by atoms with E-state index in [1.807, 2.05) is 6.92 Å². The highest BCUT2D eigenvalue weighted by atomic mass is 16.5. The van der Waals surface area contributed by atoms with Crippen molar-refractivity contribution >= 4 is 18.0 Å². The van der Waals surface area contributed by atoms with Crippen LogP contribution in [0.2, 0.25) is 0 Å². The Morgan fingerprint density at radius 2 is 2.22 bits per heavy atom. The van der Waals surface area contributed by atoms with E-state index in [2.05, 4.69) is 21.5 Å². The molecule has 0 radical (unpaired) electrons. The molecule has 2 heterocycles. The standard InChI is InChI=1S/C16H25N5O2/c1-4-14(23-3)19-16-12(2)18-11-15(22)21(16)10-9-20-7-5-13(17)6-8-20/h4,11,13H,2,5-10,17H2,1,3H3/b14-4+,19-16+. The first-order valence-corrected chi connectivity index (χ1v) is 7.87. The van der Waals surface area contributed by atoms with Gasteiger partial charge in [0.25, 0.3) is 5.91 Å². The zero-order valence-corrected chi connectivity index (χ0v) is 13.9. The molecule has 0 aromatic heterocycles. The second-order valence-corrected chi connectivity index (χ2v) is 5.64. The summed E-state index contributed by atoms with van der Waals surface area (Å²) in [6.07, 6.45) is 5.01. The maximum absolute atomic E-state index is 12.2. The summed E-state index contributed by atoms with van der Waals surface area (Å²) in [7, 11) is 1.54. The second kappa shape index (κ2) is 8.03. The molecule has 0 unspecified atom stereocenters. The molecule has 7 nitrogen and oxygen atoms in total. The van der Waals surface area contributed by atoms with Gasteiger partial charge in [0.05, 0.1) is 19.0 Å². The maximum Gasteiger partial charge on any atom is 0.270 e. The van der Waals surface area contributed by atoms with Gasteiger partial charge in [0, 0.05) is 19.1 Å². The minimum absolute atomic E-state index is 0.184. The number of piperidine rings is 1. The van der Waals surface area contributed by atoms with Crippen LogP contribution < -0.4 is 5.73 Å². The number of amidine groups is 1. The lowest BCUT2D eigenvalue weighted by Gasteiger charge is -2.33. The number of ether oxygens (including phenoxy) is 1. The lowest BCUT2D eigenvalue weighted by Crippen LogP contribution is -2.47. The van der Waals surface area contributed by atoms with E-state index < -0.39 is 0 Å². The van der Waals surface area contributed by atoms with Crippen LogP contribution in [0.4, 0.5) is 0 Å². The van der Waals surface area contributed by atoms with Gasteiger partial charge in [0.1, 0.15) is 0 Å². The second-order valence-electron chi connectivity index (χ2n) is 5.64. The van der Waals surface area contributed by atoms with Crippen molar-refractivity contribution in [1.29, 1.82) is 0 Å². The van der Waals surface area contributed by atoms with Gasteiger partial charge in [-0.3, -0.25) is 9.69 Å². The van der Waals surface area contributed by atoms with Crippen molar-refractivity contribution in [2.75, 3.05) is 33.3 Å². The Morgan fingerprint density at radius 1 is 1.52 bits per heavy atom. The van der Waals surface area contributed by atoms with Crippen LogP contribution in [0.25, 0.3) is 0 Å². The van der Waals surface area contributed by atoms with Gasteiger partial charge in [-0.1, -0.05) is 6.58 Å². The fourth-order valence-electron chi connectivity index (χ4n) is 2.61. The van der Waals surface area contributed by atoms with E-state index in [9.17, 15) is 4.79 Å². The van der Waals surface area contributed by atoms with Crippen molar-refractivity contribution in [3.8, 4) is 0 Å². The summed E-state index contributed by atoms with van der Waals surface area (Å²) in [6.45, 7) is 8.93. The molecule has 1 fully saturated rings. The molecule has 0 bridgehead atoms. The highest BCUT2D eigenvalue weighted by molar-refractivity contribution is 6.34. The molecule has 1 saturated heterocycles. The van der Waals surface area contributed by atoms with Crippen molar-refractivity contribution in [2.24, 2.45) is 15.7 Å². The van der Waals surface area contributed by atoms with Gasteiger partial charge >= 0.3 is 0 Å². The lowest BCUT2D eigenvalue weighted by molar-refractivity contribution is -0.120. The van der Waals surface area contributed by atoms with Crippen molar-refractivity contribution in [3.63, 3.8) is 0 Å². The number of aliphatic imine (C=N–C) groups is 2. The molecule has 1 amide bonds.